The molecule has 0 nitrogen and oxygen atoms in total. The monoisotopic (exact) mass is 91.1 g/mol. The second kappa shape index (κ2) is 2.12. The summed E-state index contributed by atoms with van der Waals surface area (Å²) in [6.07, 6.45) is 0. The van der Waals surface area contributed by atoms with Gasteiger partial charge in [0.25, 0.3) is 0 Å². The maximum absolute atomic E-state index is 7.03. The molecular formula is C6H13+. The van der Waals surface area contributed by atoms with Gasteiger partial charge in [-0.15, -0.1) is 0 Å². The van der Waals surface area contributed by atoms with E-state index >= 15 is 0 Å². The Bertz CT molecular complexity index is 127. The Labute approximate surface area is 49.0 Å². The third kappa shape index (κ3) is 2.13. The molecule has 0 amide bonds. The van der Waals surface area contributed by atoms with Crippen LogP contribution in [0.15, 0.2) is 0 Å². The molecule has 0 rings (SSSR count). The minimum absolute atomic E-state index is 0.426. The second-order valence-corrected chi connectivity index (χ2v) is 1.51. The van der Waals surface area contributed by atoms with Crippen LogP contribution in [0.2, 0.25) is 0 Å². The first-order chi connectivity index (χ1) is 5.07. The molecule has 0 aliphatic heterocycles. The van der Waals surface area contributed by atoms with Crippen LogP contribution in [-0.4, -0.2) is 0 Å². The molecule has 0 saturated heterocycles. The first-order valence-electron chi connectivity index (χ1n) is 4.87. The van der Waals surface area contributed by atoms with E-state index in [1.54, 1.807) is 0 Å². The van der Waals surface area contributed by atoms with Crippen LogP contribution in [0.4, 0.5) is 0 Å². The zero-order valence-corrected chi connectivity index (χ0v) is 4.08. The quantitative estimate of drug-likeness (QED) is 0.434. The standard InChI is InChI=1S/C6H13/c1-5(2)6(3)4/h5H,1-4H3/q+1/i1D3,2D3. The molecule has 0 saturated carbocycles. The molecule has 0 aromatic heterocycles. The van der Waals surface area contributed by atoms with Crippen LogP contribution >= 0.6 is 0 Å². The molecule has 0 spiro atoms. The lowest BCUT2D eigenvalue weighted by molar-refractivity contribution is 0.670. The second-order valence-electron chi connectivity index (χ2n) is 1.51. The van der Waals surface area contributed by atoms with Crippen molar-refractivity contribution in [2.75, 3.05) is 0 Å². The van der Waals surface area contributed by atoms with Gasteiger partial charge in [-0.1, -0.05) is 0 Å². The van der Waals surface area contributed by atoms with E-state index in [9.17, 15) is 0 Å². The van der Waals surface area contributed by atoms with Crippen molar-refractivity contribution in [2.45, 2.75) is 27.6 Å². The van der Waals surface area contributed by atoms with E-state index in [1.807, 2.05) is 0 Å². The van der Waals surface area contributed by atoms with Crippen LogP contribution in [0.1, 0.15) is 35.8 Å². The Morgan fingerprint density at radius 3 is 2.00 bits per heavy atom. The Morgan fingerprint density at radius 1 is 1.50 bits per heavy atom. The number of hydrogen-bond acceptors (Lipinski definition) is 0. The summed E-state index contributed by atoms with van der Waals surface area (Å²) in [6.45, 7) is -1.79. The van der Waals surface area contributed by atoms with Gasteiger partial charge in [0.1, 0.15) is 0 Å². The molecule has 0 unspecified atom stereocenters. The first kappa shape index (κ1) is 1.18. The van der Waals surface area contributed by atoms with Gasteiger partial charge in [-0.05, 0) is 13.7 Å². The maximum atomic E-state index is 7.03. The predicted octanol–water partition coefficient (Wildman–Crippen LogP) is 2.26. The van der Waals surface area contributed by atoms with Crippen LogP contribution in [0.3, 0.4) is 0 Å². The summed E-state index contributed by atoms with van der Waals surface area (Å²) in [4.78, 5) is 0. The molecule has 0 N–H and O–H groups in total. The molecule has 0 aliphatic rings. The molecule has 0 heterocycles. The summed E-state index contributed by atoms with van der Waals surface area (Å²) in [7, 11) is 0. The zero-order chi connectivity index (χ0) is 10.2. The average Bonchev–Trinajstić information content (AvgIpc) is 1.49. The van der Waals surface area contributed by atoms with Crippen LogP contribution in [0, 0.1) is 11.8 Å². The van der Waals surface area contributed by atoms with Gasteiger partial charge in [0, 0.05) is 8.22 Å². The van der Waals surface area contributed by atoms with E-state index < -0.39 is 19.6 Å². The Morgan fingerprint density at radius 2 is 2.00 bits per heavy atom. The van der Waals surface area contributed by atoms with Crippen molar-refractivity contribution < 1.29 is 8.22 Å². The predicted molar refractivity (Wildman–Crippen MR) is 29.4 cm³/mol. The summed E-state index contributed by atoms with van der Waals surface area (Å²) < 4.78 is 42.2. The van der Waals surface area contributed by atoms with Crippen molar-refractivity contribution in [3.8, 4) is 0 Å². The molecule has 6 heavy (non-hydrogen) atoms. The van der Waals surface area contributed by atoms with Crippen molar-refractivity contribution in [3.05, 3.63) is 5.92 Å². The first-order valence-corrected chi connectivity index (χ1v) is 1.87. The minimum atomic E-state index is -2.43. The molecule has 0 fully saturated rings. The molecule has 36 valence electrons. The van der Waals surface area contributed by atoms with Gasteiger partial charge in [-0.2, -0.15) is 0 Å². The summed E-state index contributed by atoms with van der Waals surface area (Å²) in [6, 6.07) is 0. The average molecular weight is 91.2 g/mol. The molecular weight excluding hydrogens is 72.1 g/mol. The largest absolute Gasteiger partial charge is 0.0940 e. The zero-order valence-electron chi connectivity index (χ0n) is 10.1. The summed E-state index contributed by atoms with van der Waals surface area (Å²) in [5.41, 5.74) is 0. The van der Waals surface area contributed by atoms with Gasteiger partial charge >= 0.3 is 0 Å². The lowest BCUT2D eigenvalue weighted by Crippen LogP contribution is -1.93. The molecule has 0 aromatic rings. The fraction of sp³-hybridized carbons (Fsp3) is 0.833. The van der Waals surface area contributed by atoms with E-state index in [-0.39, 0.29) is 0 Å². The Kier molecular flexibility index (Phi) is 0.416. The van der Waals surface area contributed by atoms with E-state index in [0.29, 0.717) is 5.92 Å². The highest BCUT2D eigenvalue weighted by molar-refractivity contribution is 4.79. The van der Waals surface area contributed by atoms with Gasteiger partial charge in [0.15, 0.2) is 0 Å². The van der Waals surface area contributed by atoms with Gasteiger partial charge < -0.3 is 0 Å². The van der Waals surface area contributed by atoms with Crippen molar-refractivity contribution in [1.82, 2.24) is 0 Å². The minimum Gasteiger partial charge on any atom is -0.0216 e. The highest BCUT2D eigenvalue weighted by Gasteiger charge is 2.07. The Balaban J connectivity index is 4.70. The fourth-order valence-corrected chi connectivity index (χ4v) is 0. The van der Waals surface area contributed by atoms with Crippen LogP contribution in [0.5, 0.6) is 0 Å². The molecule has 0 aromatic carbocycles. The highest BCUT2D eigenvalue weighted by atomic mass is 14.0. The maximum Gasteiger partial charge on any atom is 0.0940 e. The van der Waals surface area contributed by atoms with E-state index in [4.69, 9.17) is 8.22 Å². The highest BCUT2D eigenvalue weighted by Crippen LogP contribution is 2.08. The SMILES string of the molecule is [2H]C([2H])([2H])C([C+](C)C)C([2H])([2H])[2H]. The Hall–Kier alpha value is -0.130. The molecule has 0 aliphatic carbocycles. The smallest absolute Gasteiger partial charge is 0.0216 e. The van der Waals surface area contributed by atoms with Gasteiger partial charge in [0.05, 0.1) is 25.7 Å². The lowest BCUT2D eigenvalue weighted by atomic mass is 10.0. The molecule has 0 bridgehead atoms. The van der Waals surface area contributed by atoms with Gasteiger partial charge in [-0.3, -0.25) is 0 Å². The van der Waals surface area contributed by atoms with Crippen molar-refractivity contribution >= 4 is 0 Å². The topological polar surface area (TPSA) is 0 Å². The van der Waals surface area contributed by atoms with E-state index in [0.717, 1.165) is 0 Å². The third-order valence-electron chi connectivity index (χ3n) is 0.577. The van der Waals surface area contributed by atoms with E-state index in [2.05, 4.69) is 0 Å². The van der Waals surface area contributed by atoms with Crippen molar-refractivity contribution in [2.24, 2.45) is 5.92 Å². The summed E-state index contributed by atoms with van der Waals surface area (Å²) >= 11 is 0. The lowest BCUT2D eigenvalue weighted by Gasteiger charge is -1.93. The van der Waals surface area contributed by atoms with Crippen LogP contribution < -0.4 is 0 Å². The summed E-state index contributed by atoms with van der Waals surface area (Å²) in [5.74, 6) is -0.875. The summed E-state index contributed by atoms with van der Waals surface area (Å²) in [5, 5.41) is 0. The van der Waals surface area contributed by atoms with Gasteiger partial charge in [-0.25, -0.2) is 0 Å². The van der Waals surface area contributed by atoms with Crippen LogP contribution in [0.25, 0.3) is 0 Å². The molecule has 0 atom stereocenters. The molecule has 0 radical (unpaired) electrons. The number of hydrogen-bond donors (Lipinski definition) is 0. The van der Waals surface area contributed by atoms with Gasteiger partial charge in [0.2, 0.25) is 0 Å². The van der Waals surface area contributed by atoms with Crippen molar-refractivity contribution in [3.63, 3.8) is 0 Å². The number of rotatable bonds is 1. The molecule has 0 heteroatoms. The van der Waals surface area contributed by atoms with E-state index in [1.165, 1.54) is 13.8 Å². The fourth-order valence-electron chi connectivity index (χ4n) is 0. The van der Waals surface area contributed by atoms with Crippen LogP contribution in [-0.2, 0) is 0 Å². The third-order valence-corrected chi connectivity index (χ3v) is 0.577. The normalized spacial score (nSPS) is 28.5. The van der Waals surface area contributed by atoms with Crippen molar-refractivity contribution in [1.29, 1.82) is 0 Å².